The second-order valence-electron chi connectivity index (χ2n) is 4.22. The highest BCUT2D eigenvalue weighted by molar-refractivity contribution is 8.01. The molecule has 0 radical (unpaired) electrons. The molecule has 0 atom stereocenters. The molecule has 18 heavy (non-hydrogen) atoms. The van der Waals surface area contributed by atoms with Crippen LogP contribution in [-0.4, -0.2) is 17.3 Å². The normalized spacial score (nSPS) is 10.6. The summed E-state index contributed by atoms with van der Waals surface area (Å²) in [5.41, 5.74) is 3.52. The first-order chi connectivity index (χ1) is 8.65. The zero-order valence-electron chi connectivity index (χ0n) is 10.9. The zero-order chi connectivity index (χ0) is 13.0. The van der Waals surface area contributed by atoms with Gasteiger partial charge in [-0.3, -0.25) is 0 Å². The number of hydrogen-bond donors (Lipinski definition) is 0. The summed E-state index contributed by atoms with van der Waals surface area (Å²) in [4.78, 5) is 4.41. The Morgan fingerprint density at radius 1 is 1.28 bits per heavy atom. The van der Waals surface area contributed by atoms with Gasteiger partial charge in [0.2, 0.25) is 0 Å². The molecular formula is C14H17NOS2. The van der Waals surface area contributed by atoms with Crippen molar-refractivity contribution in [3.8, 4) is 5.75 Å². The first-order valence-corrected chi connectivity index (χ1v) is 7.76. The summed E-state index contributed by atoms with van der Waals surface area (Å²) in [7, 11) is 0. The first kappa shape index (κ1) is 13.4. The number of hydrogen-bond acceptors (Lipinski definition) is 4. The molecule has 2 rings (SSSR count). The third-order valence-corrected chi connectivity index (χ3v) is 4.61. The van der Waals surface area contributed by atoms with Gasteiger partial charge in [0.1, 0.15) is 10.1 Å². The van der Waals surface area contributed by atoms with Gasteiger partial charge in [0.25, 0.3) is 0 Å². The predicted octanol–water partition coefficient (Wildman–Crippen LogP) is 4.24. The second kappa shape index (κ2) is 6.25. The molecule has 0 aliphatic carbocycles. The Hall–Kier alpha value is -1.00. The van der Waals surface area contributed by atoms with Gasteiger partial charge in [-0.15, -0.1) is 11.3 Å². The smallest absolute Gasteiger partial charge is 0.150 e. The van der Waals surface area contributed by atoms with Crippen molar-refractivity contribution in [3.63, 3.8) is 0 Å². The van der Waals surface area contributed by atoms with Gasteiger partial charge >= 0.3 is 0 Å². The fourth-order valence-corrected chi connectivity index (χ4v) is 3.28. The van der Waals surface area contributed by atoms with Gasteiger partial charge in [0.15, 0.2) is 0 Å². The van der Waals surface area contributed by atoms with E-state index in [1.807, 2.05) is 6.92 Å². The average Bonchev–Trinajstić information content (AvgIpc) is 2.75. The number of nitrogens with zero attached hydrogens (tertiary/aromatic N) is 1. The van der Waals surface area contributed by atoms with Crippen LogP contribution in [-0.2, 0) is 0 Å². The quantitative estimate of drug-likeness (QED) is 0.604. The molecule has 4 heteroatoms. The van der Waals surface area contributed by atoms with Crippen LogP contribution in [0.15, 0.2) is 27.9 Å². The topological polar surface area (TPSA) is 22.1 Å². The number of ether oxygens (including phenoxy) is 1. The predicted molar refractivity (Wildman–Crippen MR) is 79.0 cm³/mol. The monoisotopic (exact) mass is 279 g/mol. The van der Waals surface area contributed by atoms with Crippen LogP contribution in [0, 0.1) is 20.8 Å². The average molecular weight is 279 g/mol. The van der Waals surface area contributed by atoms with E-state index < -0.39 is 0 Å². The Morgan fingerprint density at radius 3 is 2.83 bits per heavy atom. The van der Waals surface area contributed by atoms with Crippen LogP contribution in [0.2, 0.25) is 0 Å². The summed E-state index contributed by atoms with van der Waals surface area (Å²) in [6, 6.07) is 6.30. The van der Waals surface area contributed by atoms with Crippen LogP contribution in [0.1, 0.15) is 16.8 Å². The van der Waals surface area contributed by atoms with Gasteiger partial charge in [0, 0.05) is 16.8 Å². The summed E-state index contributed by atoms with van der Waals surface area (Å²) >= 11 is 3.45. The zero-order valence-corrected chi connectivity index (χ0v) is 12.5. The molecule has 0 fully saturated rings. The summed E-state index contributed by atoms with van der Waals surface area (Å²) in [6.45, 7) is 6.90. The van der Waals surface area contributed by atoms with Crippen LogP contribution < -0.4 is 4.74 Å². The molecular weight excluding hydrogens is 262 g/mol. The molecule has 0 unspecified atom stereocenters. The van der Waals surface area contributed by atoms with Crippen LogP contribution in [0.4, 0.5) is 0 Å². The summed E-state index contributed by atoms with van der Waals surface area (Å²) in [5.74, 6) is 1.92. The van der Waals surface area contributed by atoms with Crippen molar-refractivity contribution < 1.29 is 4.74 Å². The van der Waals surface area contributed by atoms with E-state index >= 15 is 0 Å². The van der Waals surface area contributed by atoms with E-state index in [1.165, 1.54) is 11.1 Å². The van der Waals surface area contributed by atoms with E-state index in [2.05, 4.69) is 42.4 Å². The Kier molecular flexibility index (Phi) is 4.66. The summed E-state index contributed by atoms with van der Waals surface area (Å²) in [5, 5.41) is 2.08. The Labute approximate surface area is 116 Å². The van der Waals surface area contributed by atoms with Crippen LogP contribution in [0.5, 0.6) is 5.75 Å². The number of rotatable bonds is 5. The highest BCUT2D eigenvalue weighted by Gasteiger charge is 2.02. The molecule has 0 spiro atoms. The number of thiazole rings is 1. The minimum atomic E-state index is 0.716. The lowest BCUT2D eigenvalue weighted by Crippen LogP contribution is -2.01. The number of thioether (sulfide) groups is 1. The van der Waals surface area contributed by atoms with Crippen LogP contribution in [0.25, 0.3) is 0 Å². The number of aryl methyl sites for hydroxylation is 3. The molecule has 0 aliphatic heterocycles. The lowest BCUT2D eigenvalue weighted by Gasteiger charge is -2.09. The van der Waals surface area contributed by atoms with Crippen molar-refractivity contribution in [1.29, 1.82) is 0 Å². The molecule has 0 saturated carbocycles. The number of benzene rings is 1. The Bertz CT molecular complexity index is 522. The fraction of sp³-hybridized carbons (Fsp3) is 0.357. The van der Waals surface area contributed by atoms with Crippen LogP contribution in [0.3, 0.4) is 0 Å². The maximum absolute atomic E-state index is 5.80. The van der Waals surface area contributed by atoms with E-state index in [1.54, 1.807) is 23.1 Å². The van der Waals surface area contributed by atoms with E-state index in [0.717, 1.165) is 21.5 Å². The summed E-state index contributed by atoms with van der Waals surface area (Å²) < 4.78 is 6.92. The van der Waals surface area contributed by atoms with E-state index in [9.17, 15) is 0 Å². The van der Waals surface area contributed by atoms with Crippen molar-refractivity contribution in [2.75, 3.05) is 12.4 Å². The molecule has 0 amide bonds. The number of aromatic nitrogens is 1. The molecule has 1 aromatic heterocycles. The lowest BCUT2D eigenvalue weighted by molar-refractivity contribution is 0.341. The van der Waals surface area contributed by atoms with E-state index in [-0.39, 0.29) is 0 Å². The molecule has 0 bridgehead atoms. The molecule has 0 N–H and O–H groups in total. The second-order valence-corrected chi connectivity index (χ2v) is 6.42. The van der Waals surface area contributed by atoms with Gasteiger partial charge in [-0.1, -0.05) is 23.9 Å². The van der Waals surface area contributed by atoms with Crippen LogP contribution >= 0.6 is 23.1 Å². The first-order valence-electron chi connectivity index (χ1n) is 5.90. The van der Waals surface area contributed by atoms with E-state index in [4.69, 9.17) is 4.74 Å². The maximum Gasteiger partial charge on any atom is 0.150 e. The summed E-state index contributed by atoms with van der Waals surface area (Å²) in [6.07, 6.45) is 0. The Morgan fingerprint density at radius 2 is 2.11 bits per heavy atom. The largest absolute Gasteiger partial charge is 0.492 e. The SMILES string of the molecule is Cc1ccc(C)c(OCCSc2nc(C)cs2)c1. The van der Waals surface area contributed by atoms with Crippen molar-refractivity contribution in [3.05, 3.63) is 40.4 Å². The molecule has 96 valence electrons. The minimum absolute atomic E-state index is 0.716. The minimum Gasteiger partial charge on any atom is -0.492 e. The standard InChI is InChI=1S/C14H17NOS2/c1-10-4-5-11(2)13(8-10)16-6-7-17-14-15-12(3)9-18-14/h4-5,8-9H,6-7H2,1-3H3. The lowest BCUT2D eigenvalue weighted by atomic mass is 10.1. The maximum atomic E-state index is 5.80. The van der Waals surface area contributed by atoms with Gasteiger partial charge in [-0.25, -0.2) is 4.98 Å². The third kappa shape index (κ3) is 3.75. The molecule has 2 aromatic rings. The van der Waals surface area contributed by atoms with E-state index in [0.29, 0.717) is 6.61 Å². The van der Waals surface area contributed by atoms with Gasteiger partial charge in [-0.2, -0.15) is 0 Å². The fourth-order valence-electron chi connectivity index (χ4n) is 1.54. The molecule has 0 aliphatic rings. The Balaban J connectivity index is 1.80. The molecule has 1 aromatic carbocycles. The molecule has 2 nitrogen and oxygen atoms in total. The van der Waals surface area contributed by atoms with Crippen molar-refractivity contribution >= 4 is 23.1 Å². The van der Waals surface area contributed by atoms with Gasteiger partial charge in [0.05, 0.1) is 6.61 Å². The van der Waals surface area contributed by atoms with Gasteiger partial charge in [-0.05, 0) is 38.0 Å². The van der Waals surface area contributed by atoms with Crippen molar-refractivity contribution in [2.24, 2.45) is 0 Å². The molecule has 1 heterocycles. The highest BCUT2D eigenvalue weighted by atomic mass is 32.2. The molecule has 0 saturated heterocycles. The highest BCUT2D eigenvalue weighted by Crippen LogP contribution is 2.23. The van der Waals surface area contributed by atoms with Crippen molar-refractivity contribution in [2.45, 2.75) is 25.1 Å². The third-order valence-electron chi connectivity index (χ3n) is 2.51. The van der Waals surface area contributed by atoms with Gasteiger partial charge < -0.3 is 4.74 Å². The van der Waals surface area contributed by atoms with Crippen molar-refractivity contribution in [1.82, 2.24) is 4.98 Å².